The number of phenols is 2. The highest BCUT2D eigenvalue weighted by atomic mass is 35.5. The van der Waals surface area contributed by atoms with Crippen LogP contribution in [0.2, 0.25) is 5.02 Å². The van der Waals surface area contributed by atoms with Crippen LogP contribution in [0.25, 0.3) is 10.1 Å². The molecule has 1 aromatic carbocycles. The van der Waals surface area contributed by atoms with E-state index in [-0.39, 0.29) is 28.1 Å². The lowest BCUT2D eigenvalue weighted by Crippen LogP contribution is -2.37. The number of phenolic OH excluding ortho intramolecular Hbond substituents is 2. The van der Waals surface area contributed by atoms with Crippen LogP contribution in [-0.2, 0) is 9.53 Å². The Kier molecular flexibility index (Phi) is 4.56. The number of nitrogens with zero attached hydrogens (tertiary/aromatic N) is 3. The average Bonchev–Trinajstić information content (AvgIpc) is 3.00. The summed E-state index contributed by atoms with van der Waals surface area (Å²) in [5.74, 6) is -2.09. The first kappa shape index (κ1) is 18.1. The van der Waals surface area contributed by atoms with E-state index in [0.29, 0.717) is 24.3 Å². The van der Waals surface area contributed by atoms with Crippen LogP contribution in [0.3, 0.4) is 0 Å². The number of hydrogen-bond donors (Lipinski definition) is 2. The first-order valence-electron chi connectivity index (χ1n) is 7.07. The maximum Gasteiger partial charge on any atom is 0.332 e. The van der Waals surface area contributed by atoms with Gasteiger partial charge < -0.3 is 19.8 Å². The Morgan fingerprint density at radius 3 is 2.46 bits per heavy atom. The van der Waals surface area contributed by atoms with Gasteiger partial charge in [0.25, 0.3) is 5.69 Å². The molecule has 2 N–H and O–H groups in total. The van der Waals surface area contributed by atoms with Crippen molar-refractivity contribution >= 4 is 50.8 Å². The van der Waals surface area contributed by atoms with Crippen LogP contribution < -0.4 is 0 Å². The summed E-state index contributed by atoms with van der Waals surface area (Å²) in [5, 5.41) is 41.7. The van der Waals surface area contributed by atoms with E-state index < -0.39 is 43.8 Å². The van der Waals surface area contributed by atoms with Gasteiger partial charge in [-0.15, -0.1) is 11.3 Å². The summed E-state index contributed by atoms with van der Waals surface area (Å²) in [4.78, 5) is 33.5. The number of amides is 1. The number of halogens is 1. The number of ether oxygens (including phenoxy) is 1. The molecule has 1 atom stereocenters. The molecule has 0 spiro atoms. The van der Waals surface area contributed by atoms with Crippen molar-refractivity contribution in [2.75, 3.05) is 19.7 Å². The predicted molar refractivity (Wildman–Crippen MR) is 89.8 cm³/mol. The van der Waals surface area contributed by atoms with Gasteiger partial charge >= 0.3 is 5.69 Å². The summed E-state index contributed by atoms with van der Waals surface area (Å²) in [7, 11) is 0. The minimum Gasteiger partial charge on any atom is -0.503 e. The number of fused-ring (bicyclic) bond motifs is 1. The number of carbonyl (C=O) groups is 1. The van der Waals surface area contributed by atoms with E-state index >= 15 is 0 Å². The van der Waals surface area contributed by atoms with Crippen LogP contribution >= 0.6 is 22.9 Å². The maximum atomic E-state index is 11.6. The van der Waals surface area contributed by atoms with Crippen molar-refractivity contribution < 1.29 is 29.6 Å². The van der Waals surface area contributed by atoms with Crippen LogP contribution in [0.5, 0.6) is 11.5 Å². The van der Waals surface area contributed by atoms with Crippen LogP contribution in [0, 0.1) is 20.2 Å². The first-order chi connectivity index (χ1) is 12.3. The Morgan fingerprint density at radius 1 is 1.23 bits per heavy atom. The highest BCUT2D eigenvalue weighted by Crippen LogP contribution is 2.55. The SMILES string of the molecule is O=CN1CCOC(c2sc3c([N+](=O)[O-])c(O)c(O)c(Cl)c3c2[N+](=O)[O-])C1. The van der Waals surface area contributed by atoms with Gasteiger partial charge in [0.05, 0.1) is 23.0 Å². The number of carbonyl (C=O) groups excluding carboxylic acids is 1. The number of nitro groups is 2. The molecule has 11 nitrogen and oxygen atoms in total. The molecule has 2 aromatic rings. The van der Waals surface area contributed by atoms with Crippen LogP contribution in [-0.4, -0.2) is 51.1 Å². The normalized spacial score (nSPS) is 17.4. The zero-order valence-electron chi connectivity index (χ0n) is 12.7. The number of rotatable bonds is 4. The lowest BCUT2D eigenvalue weighted by Gasteiger charge is -2.29. The Labute approximate surface area is 153 Å². The van der Waals surface area contributed by atoms with Crippen LogP contribution in [0.15, 0.2) is 0 Å². The van der Waals surface area contributed by atoms with Crippen LogP contribution in [0.4, 0.5) is 11.4 Å². The van der Waals surface area contributed by atoms with E-state index in [9.17, 15) is 35.2 Å². The lowest BCUT2D eigenvalue weighted by atomic mass is 10.1. The molecule has 0 bridgehead atoms. The molecular formula is C13H10ClN3O8S. The van der Waals surface area contributed by atoms with Gasteiger partial charge in [0, 0.05) is 6.54 Å². The zero-order valence-corrected chi connectivity index (χ0v) is 14.3. The van der Waals surface area contributed by atoms with Crippen molar-refractivity contribution in [2.24, 2.45) is 0 Å². The standard InChI is InChI=1S/C13H10ClN3O8S/c14-7-6-8(16(21)22)12(5-3-15(4-18)1-2-25-5)26-13(6)9(17(23)24)11(20)10(7)19/h4-5,19-20H,1-3H2. The number of hydrogen-bond acceptors (Lipinski definition) is 9. The largest absolute Gasteiger partial charge is 0.503 e. The molecule has 0 radical (unpaired) electrons. The molecule has 1 aliphatic heterocycles. The molecule has 1 fully saturated rings. The van der Waals surface area contributed by atoms with E-state index in [1.807, 2.05) is 0 Å². The molecule has 2 heterocycles. The number of benzene rings is 1. The second kappa shape index (κ2) is 6.55. The quantitative estimate of drug-likeness (QED) is 0.340. The Balaban J connectivity index is 2.34. The van der Waals surface area contributed by atoms with Crippen LogP contribution in [0.1, 0.15) is 11.0 Å². The van der Waals surface area contributed by atoms with Crippen molar-refractivity contribution in [1.82, 2.24) is 4.90 Å². The highest BCUT2D eigenvalue weighted by Gasteiger charge is 2.39. The molecule has 0 aliphatic carbocycles. The number of morpholine rings is 1. The van der Waals surface area contributed by atoms with Gasteiger partial charge in [0.1, 0.15) is 26.1 Å². The summed E-state index contributed by atoms with van der Waals surface area (Å²) in [6, 6.07) is 0. The fourth-order valence-electron chi connectivity index (χ4n) is 2.74. The molecule has 0 saturated carbocycles. The predicted octanol–water partition coefficient (Wildman–Crippen LogP) is 2.31. The Bertz CT molecular complexity index is 946. The van der Waals surface area contributed by atoms with Gasteiger partial charge in [0.2, 0.25) is 12.2 Å². The molecule has 1 unspecified atom stereocenters. The molecule has 1 aliphatic rings. The highest BCUT2D eigenvalue weighted by molar-refractivity contribution is 7.20. The first-order valence-corrected chi connectivity index (χ1v) is 8.26. The molecule has 138 valence electrons. The van der Waals surface area contributed by atoms with E-state index in [0.717, 1.165) is 0 Å². The van der Waals surface area contributed by atoms with Gasteiger partial charge in [-0.25, -0.2) is 0 Å². The minimum absolute atomic E-state index is 0.00606. The minimum atomic E-state index is -1.07. The smallest absolute Gasteiger partial charge is 0.332 e. The molecule has 26 heavy (non-hydrogen) atoms. The Hall–Kier alpha value is -2.70. The molecular weight excluding hydrogens is 394 g/mol. The third-order valence-corrected chi connectivity index (χ3v) is 5.55. The van der Waals surface area contributed by atoms with E-state index in [1.165, 1.54) is 4.90 Å². The molecule has 3 rings (SSSR count). The summed E-state index contributed by atoms with van der Waals surface area (Å²) in [6.07, 6.45) is -0.325. The van der Waals surface area contributed by atoms with Gasteiger partial charge in [-0.2, -0.15) is 0 Å². The fourth-order valence-corrected chi connectivity index (χ4v) is 4.41. The third-order valence-electron chi connectivity index (χ3n) is 3.90. The zero-order chi connectivity index (χ0) is 19.2. The second-order valence-corrected chi connectivity index (χ2v) is 6.78. The van der Waals surface area contributed by atoms with Crippen molar-refractivity contribution in [3.05, 3.63) is 30.1 Å². The summed E-state index contributed by atoms with van der Waals surface area (Å²) in [5.41, 5.74) is -1.45. The summed E-state index contributed by atoms with van der Waals surface area (Å²) in [6.45, 7) is 0.447. The van der Waals surface area contributed by atoms with Crippen molar-refractivity contribution in [3.8, 4) is 11.5 Å². The van der Waals surface area contributed by atoms with Gasteiger partial charge in [-0.05, 0) is 0 Å². The van der Waals surface area contributed by atoms with E-state index in [2.05, 4.69) is 0 Å². The number of thiophene rings is 1. The topological polar surface area (TPSA) is 156 Å². The van der Waals surface area contributed by atoms with E-state index in [4.69, 9.17) is 16.3 Å². The number of aromatic hydroxyl groups is 2. The van der Waals surface area contributed by atoms with E-state index in [1.54, 1.807) is 0 Å². The molecule has 13 heteroatoms. The molecule has 1 saturated heterocycles. The molecule has 1 aromatic heterocycles. The monoisotopic (exact) mass is 403 g/mol. The van der Waals surface area contributed by atoms with Gasteiger partial charge in [-0.3, -0.25) is 25.0 Å². The van der Waals surface area contributed by atoms with Crippen molar-refractivity contribution in [3.63, 3.8) is 0 Å². The van der Waals surface area contributed by atoms with Gasteiger partial charge in [0.15, 0.2) is 5.75 Å². The third kappa shape index (κ3) is 2.67. The summed E-state index contributed by atoms with van der Waals surface area (Å²) >= 11 is 6.58. The summed E-state index contributed by atoms with van der Waals surface area (Å²) < 4.78 is 5.22. The average molecular weight is 404 g/mol. The van der Waals surface area contributed by atoms with Gasteiger partial charge in [-0.1, -0.05) is 11.6 Å². The Morgan fingerprint density at radius 2 is 1.88 bits per heavy atom. The maximum absolute atomic E-state index is 11.6. The van der Waals surface area contributed by atoms with Crippen molar-refractivity contribution in [2.45, 2.75) is 6.10 Å². The van der Waals surface area contributed by atoms with Crippen molar-refractivity contribution in [1.29, 1.82) is 0 Å². The lowest BCUT2D eigenvalue weighted by molar-refractivity contribution is -0.385. The number of nitro benzene ring substituents is 1. The molecule has 1 amide bonds. The second-order valence-electron chi connectivity index (χ2n) is 5.35. The fraction of sp³-hybridized carbons (Fsp3) is 0.308.